The third-order valence-corrected chi connectivity index (χ3v) is 4.45. The summed E-state index contributed by atoms with van der Waals surface area (Å²) in [4.78, 5) is 6.33. The van der Waals surface area contributed by atoms with Crippen LogP contribution in [-0.4, -0.2) is 44.9 Å². The lowest BCUT2D eigenvalue weighted by Crippen LogP contribution is -2.42. The van der Waals surface area contributed by atoms with Crippen molar-refractivity contribution in [2.45, 2.75) is 37.6 Å². The Morgan fingerprint density at radius 2 is 2.09 bits per heavy atom. The summed E-state index contributed by atoms with van der Waals surface area (Å²) in [5.41, 5.74) is 1.14. The lowest BCUT2D eigenvalue weighted by Gasteiger charge is -2.28. The van der Waals surface area contributed by atoms with E-state index in [1.807, 2.05) is 55.2 Å². The van der Waals surface area contributed by atoms with Crippen LogP contribution < -0.4 is 4.74 Å². The first-order valence-electron chi connectivity index (χ1n) is 7.70. The number of aryl methyl sites for hydroxylation is 1. The van der Waals surface area contributed by atoms with Crippen molar-refractivity contribution in [3.05, 3.63) is 48.5 Å². The van der Waals surface area contributed by atoms with E-state index in [1.165, 1.54) is 0 Å². The highest BCUT2D eigenvalue weighted by molar-refractivity contribution is 5.21. The first-order chi connectivity index (χ1) is 10.6. The highest BCUT2D eigenvalue weighted by Gasteiger charge is 2.38. The van der Waals surface area contributed by atoms with Gasteiger partial charge in [-0.1, -0.05) is 18.2 Å². The van der Waals surface area contributed by atoms with Gasteiger partial charge in [0.2, 0.25) is 0 Å². The number of ether oxygens (including phenoxy) is 1. The molecule has 1 aliphatic carbocycles. The normalized spacial score (nSPS) is 24.8. The quantitative estimate of drug-likeness (QED) is 0.915. The number of rotatable bonds is 5. The van der Waals surface area contributed by atoms with Gasteiger partial charge in [0.05, 0.1) is 12.0 Å². The molecule has 22 heavy (non-hydrogen) atoms. The minimum absolute atomic E-state index is 0.114. The van der Waals surface area contributed by atoms with E-state index in [1.54, 1.807) is 6.33 Å². The number of hydrogen-bond donors (Lipinski definition) is 1. The second kappa shape index (κ2) is 6.50. The standard InChI is InChI=1S/C17H23N3O2/c1-19(11-13-10-18-12-20(13)2)15-8-9-16(17(15)21)22-14-6-4-3-5-7-14/h3-7,10,12,15-17,21H,8-9,11H2,1-2H3/t15-,16+,17+/m1/s1. The van der Waals surface area contributed by atoms with Gasteiger partial charge in [0.25, 0.3) is 0 Å². The van der Waals surface area contributed by atoms with Crippen molar-refractivity contribution in [2.75, 3.05) is 7.05 Å². The number of imidazole rings is 1. The topological polar surface area (TPSA) is 50.5 Å². The summed E-state index contributed by atoms with van der Waals surface area (Å²) in [5.74, 6) is 0.821. The zero-order chi connectivity index (χ0) is 15.5. The average molecular weight is 301 g/mol. The Bertz CT molecular complexity index is 599. The van der Waals surface area contributed by atoms with Crippen LogP contribution in [0.4, 0.5) is 0 Å². The number of hydrogen-bond acceptors (Lipinski definition) is 4. The van der Waals surface area contributed by atoms with Gasteiger partial charge in [-0.2, -0.15) is 0 Å². The third-order valence-electron chi connectivity index (χ3n) is 4.45. The Morgan fingerprint density at radius 3 is 2.77 bits per heavy atom. The van der Waals surface area contributed by atoms with Crippen LogP contribution in [0.2, 0.25) is 0 Å². The number of aromatic nitrogens is 2. The van der Waals surface area contributed by atoms with Crippen LogP contribution in [0.3, 0.4) is 0 Å². The number of benzene rings is 1. The molecular weight excluding hydrogens is 278 g/mol. The maximum Gasteiger partial charge on any atom is 0.126 e. The van der Waals surface area contributed by atoms with E-state index in [2.05, 4.69) is 9.88 Å². The van der Waals surface area contributed by atoms with Crippen molar-refractivity contribution in [1.29, 1.82) is 0 Å². The van der Waals surface area contributed by atoms with Gasteiger partial charge in [0.15, 0.2) is 0 Å². The van der Waals surface area contributed by atoms with Crippen molar-refractivity contribution in [3.63, 3.8) is 0 Å². The van der Waals surface area contributed by atoms with Crippen LogP contribution in [0.25, 0.3) is 0 Å². The predicted molar refractivity (Wildman–Crippen MR) is 84.6 cm³/mol. The molecule has 0 saturated heterocycles. The first-order valence-corrected chi connectivity index (χ1v) is 7.70. The molecule has 3 rings (SSSR count). The Kier molecular flexibility index (Phi) is 4.45. The van der Waals surface area contributed by atoms with E-state index in [0.717, 1.165) is 30.8 Å². The molecule has 0 spiro atoms. The molecule has 1 aromatic heterocycles. The molecular formula is C17H23N3O2. The molecule has 0 radical (unpaired) electrons. The van der Waals surface area contributed by atoms with Gasteiger partial charge in [0, 0.05) is 25.8 Å². The number of aliphatic hydroxyl groups is 1. The molecule has 1 aliphatic rings. The fraction of sp³-hybridized carbons (Fsp3) is 0.471. The van der Waals surface area contributed by atoms with Crippen LogP contribution in [0.15, 0.2) is 42.9 Å². The van der Waals surface area contributed by atoms with E-state index in [4.69, 9.17) is 4.74 Å². The van der Waals surface area contributed by atoms with Gasteiger partial charge in [-0.3, -0.25) is 4.90 Å². The zero-order valence-corrected chi connectivity index (χ0v) is 13.1. The second-order valence-corrected chi connectivity index (χ2v) is 6.02. The van der Waals surface area contributed by atoms with E-state index in [9.17, 15) is 5.11 Å². The highest BCUT2D eigenvalue weighted by Crippen LogP contribution is 2.28. The van der Waals surface area contributed by atoms with Gasteiger partial charge in [-0.25, -0.2) is 4.98 Å². The summed E-state index contributed by atoms with van der Waals surface area (Å²) in [6.07, 6.45) is 4.87. The predicted octanol–water partition coefficient (Wildman–Crippen LogP) is 1.82. The third kappa shape index (κ3) is 3.15. The van der Waals surface area contributed by atoms with E-state index in [-0.39, 0.29) is 12.1 Å². The van der Waals surface area contributed by atoms with Crippen molar-refractivity contribution in [2.24, 2.45) is 7.05 Å². The van der Waals surface area contributed by atoms with Crippen molar-refractivity contribution < 1.29 is 9.84 Å². The average Bonchev–Trinajstić information content (AvgIpc) is 3.08. The molecule has 1 saturated carbocycles. The highest BCUT2D eigenvalue weighted by atomic mass is 16.5. The molecule has 0 aliphatic heterocycles. The minimum atomic E-state index is -0.474. The van der Waals surface area contributed by atoms with Gasteiger partial charge in [-0.05, 0) is 32.0 Å². The van der Waals surface area contributed by atoms with Gasteiger partial charge < -0.3 is 14.4 Å². The Labute approximate surface area is 131 Å². The maximum absolute atomic E-state index is 10.6. The van der Waals surface area contributed by atoms with Crippen molar-refractivity contribution in [1.82, 2.24) is 14.5 Å². The first kappa shape index (κ1) is 15.1. The summed E-state index contributed by atoms with van der Waals surface area (Å²) in [5, 5.41) is 10.6. The van der Waals surface area contributed by atoms with Gasteiger partial charge in [-0.15, -0.1) is 0 Å². The van der Waals surface area contributed by atoms with E-state index >= 15 is 0 Å². The van der Waals surface area contributed by atoms with E-state index < -0.39 is 6.10 Å². The number of para-hydroxylation sites is 1. The largest absolute Gasteiger partial charge is 0.488 e. The Balaban J connectivity index is 1.60. The molecule has 1 aromatic carbocycles. The van der Waals surface area contributed by atoms with Crippen molar-refractivity contribution >= 4 is 0 Å². The smallest absolute Gasteiger partial charge is 0.126 e. The maximum atomic E-state index is 10.6. The fourth-order valence-corrected chi connectivity index (χ4v) is 3.12. The molecule has 5 nitrogen and oxygen atoms in total. The lowest BCUT2D eigenvalue weighted by atomic mass is 10.1. The number of nitrogens with zero attached hydrogens (tertiary/aromatic N) is 3. The molecule has 1 N–H and O–H groups in total. The Morgan fingerprint density at radius 1 is 1.32 bits per heavy atom. The number of likely N-dealkylation sites (N-methyl/N-ethyl adjacent to an activating group) is 1. The minimum Gasteiger partial charge on any atom is -0.488 e. The summed E-state index contributed by atoms with van der Waals surface area (Å²) in [6, 6.07) is 9.83. The van der Waals surface area contributed by atoms with E-state index in [0.29, 0.717) is 0 Å². The van der Waals surface area contributed by atoms with Crippen LogP contribution in [0.1, 0.15) is 18.5 Å². The number of aliphatic hydroxyl groups excluding tert-OH is 1. The molecule has 5 heteroatoms. The summed E-state index contributed by atoms with van der Waals surface area (Å²) in [6.45, 7) is 0.774. The van der Waals surface area contributed by atoms with Crippen LogP contribution in [0.5, 0.6) is 5.75 Å². The molecule has 0 amide bonds. The fourth-order valence-electron chi connectivity index (χ4n) is 3.12. The molecule has 2 aromatic rings. The molecule has 3 atom stereocenters. The lowest BCUT2D eigenvalue weighted by molar-refractivity contribution is 0.0148. The van der Waals surface area contributed by atoms with Crippen LogP contribution in [0, 0.1) is 0 Å². The second-order valence-electron chi connectivity index (χ2n) is 6.02. The summed E-state index contributed by atoms with van der Waals surface area (Å²) < 4.78 is 7.94. The van der Waals surface area contributed by atoms with Crippen molar-refractivity contribution in [3.8, 4) is 5.75 Å². The van der Waals surface area contributed by atoms with Gasteiger partial charge in [0.1, 0.15) is 18.0 Å². The summed E-state index contributed by atoms with van der Waals surface area (Å²) in [7, 11) is 4.04. The molecule has 1 heterocycles. The summed E-state index contributed by atoms with van der Waals surface area (Å²) >= 11 is 0. The Hall–Kier alpha value is -1.85. The van der Waals surface area contributed by atoms with Crippen LogP contribution in [-0.2, 0) is 13.6 Å². The molecule has 0 bridgehead atoms. The monoisotopic (exact) mass is 301 g/mol. The van der Waals surface area contributed by atoms with Crippen LogP contribution >= 0.6 is 0 Å². The molecule has 0 unspecified atom stereocenters. The molecule has 1 fully saturated rings. The molecule has 118 valence electrons. The zero-order valence-electron chi connectivity index (χ0n) is 13.1. The van der Waals surface area contributed by atoms with Gasteiger partial charge >= 0.3 is 0 Å². The SMILES string of the molecule is CN(Cc1cncn1C)[C@@H]1CC[C@H](Oc2ccccc2)[C@H]1O.